The second-order valence-corrected chi connectivity index (χ2v) is 6.60. The lowest BCUT2D eigenvalue weighted by Crippen LogP contribution is -2.42. The third kappa shape index (κ3) is 2.70. The van der Waals surface area contributed by atoms with E-state index in [1.807, 2.05) is 29.6 Å². The number of nitrogens with zero attached hydrogens (tertiary/aromatic N) is 4. The van der Waals surface area contributed by atoms with Gasteiger partial charge in [0.05, 0.1) is 12.4 Å². The van der Waals surface area contributed by atoms with Gasteiger partial charge in [0, 0.05) is 42.6 Å². The van der Waals surface area contributed by atoms with Crippen LogP contribution in [0.5, 0.6) is 0 Å². The van der Waals surface area contributed by atoms with Gasteiger partial charge in [0.25, 0.3) is 0 Å². The third-order valence-corrected chi connectivity index (χ3v) is 4.99. The van der Waals surface area contributed by atoms with Gasteiger partial charge in [-0.2, -0.15) is 0 Å². The van der Waals surface area contributed by atoms with E-state index in [4.69, 9.17) is 0 Å². The molecule has 1 aromatic carbocycles. The zero-order valence-corrected chi connectivity index (χ0v) is 13.9. The predicted octanol–water partition coefficient (Wildman–Crippen LogP) is 3.01. The Kier molecular flexibility index (Phi) is 3.84. The summed E-state index contributed by atoms with van der Waals surface area (Å²) in [6.45, 7) is 4.12. The molecule has 3 aromatic rings. The van der Waals surface area contributed by atoms with Crippen molar-refractivity contribution in [2.24, 2.45) is 0 Å². The first-order valence-corrected chi connectivity index (χ1v) is 8.52. The van der Waals surface area contributed by atoms with Crippen molar-refractivity contribution in [3.63, 3.8) is 0 Å². The highest BCUT2D eigenvalue weighted by molar-refractivity contribution is 5.86. The van der Waals surface area contributed by atoms with E-state index < -0.39 is 0 Å². The number of amides is 1. The number of hydrogen-bond acceptors (Lipinski definition) is 2. The van der Waals surface area contributed by atoms with E-state index in [2.05, 4.69) is 39.4 Å². The van der Waals surface area contributed by atoms with Crippen molar-refractivity contribution in [2.45, 2.75) is 32.4 Å². The highest BCUT2D eigenvalue weighted by Crippen LogP contribution is 2.23. The fourth-order valence-corrected chi connectivity index (χ4v) is 3.72. The first-order chi connectivity index (χ1) is 11.7. The van der Waals surface area contributed by atoms with Gasteiger partial charge in [-0.1, -0.05) is 18.2 Å². The van der Waals surface area contributed by atoms with E-state index >= 15 is 0 Å². The van der Waals surface area contributed by atoms with Crippen molar-refractivity contribution in [2.75, 3.05) is 13.1 Å². The van der Waals surface area contributed by atoms with Crippen molar-refractivity contribution in [1.29, 1.82) is 0 Å². The van der Waals surface area contributed by atoms with Crippen LogP contribution in [0.3, 0.4) is 0 Å². The SMILES string of the molecule is Cc1cn(CC(=O)N2CCC[C@H](n3ccnc3)C2)c2ccccc12. The number of hydrogen-bond donors (Lipinski definition) is 0. The van der Waals surface area contributed by atoms with Crippen LogP contribution < -0.4 is 0 Å². The molecule has 124 valence electrons. The third-order valence-electron chi connectivity index (χ3n) is 4.99. The Morgan fingerprint density at radius 3 is 3.04 bits per heavy atom. The lowest BCUT2D eigenvalue weighted by Gasteiger charge is -2.33. The molecule has 5 nitrogen and oxygen atoms in total. The molecule has 5 heteroatoms. The maximum atomic E-state index is 12.8. The molecule has 0 spiro atoms. The fraction of sp³-hybridized carbons (Fsp3) is 0.368. The molecule has 0 aliphatic carbocycles. The molecule has 0 bridgehead atoms. The summed E-state index contributed by atoms with van der Waals surface area (Å²) in [7, 11) is 0. The van der Waals surface area contributed by atoms with Crippen molar-refractivity contribution < 1.29 is 4.79 Å². The quantitative estimate of drug-likeness (QED) is 0.744. The van der Waals surface area contributed by atoms with Crippen LogP contribution in [-0.2, 0) is 11.3 Å². The molecule has 2 aromatic heterocycles. The van der Waals surface area contributed by atoms with Gasteiger partial charge in [-0.25, -0.2) is 4.98 Å². The van der Waals surface area contributed by atoms with E-state index in [-0.39, 0.29) is 5.91 Å². The van der Waals surface area contributed by atoms with Crippen LogP contribution in [0.2, 0.25) is 0 Å². The van der Waals surface area contributed by atoms with E-state index in [0.29, 0.717) is 12.6 Å². The Morgan fingerprint density at radius 1 is 1.33 bits per heavy atom. The number of imidazole rings is 1. The highest BCUT2D eigenvalue weighted by atomic mass is 16.2. The molecule has 1 amide bonds. The van der Waals surface area contributed by atoms with Crippen LogP contribution in [0.25, 0.3) is 10.9 Å². The van der Waals surface area contributed by atoms with Crippen LogP contribution >= 0.6 is 0 Å². The summed E-state index contributed by atoms with van der Waals surface area (Å²) < 4.78 is 4.20. The highest BCUT2D eigenvalue weighted by Gasteiger charge is 2.24. The zero-order chi connectivity index (χ0) is 16.5. The van der Waals surface area contributed by atoms with Gasteiger partial charge in [0.2, 0.25) is 5.91 Å². The molecule has 1 aliphatic rings. The molecule has 1 aliphatic heterocycles. The lowest BCUT2D eigenvalue weighted by molar-refractivity contribution is -0.133. The maximum Gasteiger partial charge on any atom is 0.242 e. The van der Waals surface area contributed by atoms with E-state index in [1.54, 1.807) is 6.20 Å². The summed E-state index contributed by atoms with van der Waals surface area (Å²) >= 11 is 0. The molecule has 0 radical (unpaired) electrons. The zero-order valence-electron chi connectivity index (χ0n) is 13.9. The Morgan fingerprint density at radius 2 is 2.21 bits per heavy atom. The number of carbonyl (C=O) groups is 1. The van der Waals surface area contributed by atoms with E-state index in [1.165, 1.54) is 10.9 Å². The van der Waals surface area contributed by atoms with E-state index in [0.717, 1.165) is 31.4 Å². The molecule has 0 unspecified atom stereocenters. The Labute approximate surface area is 141 Å². The number of piperidine rings is 1. The van der Waals surface area contributed by atoms with Crippen LogP contribution in [0.1, 0.15) is 24.4 Å². The Bertz CT molecular complexity index is 850. The van der Waals surface area contributed by atoms with Crippen LogP contribution in [-0.4, -0.2) is 38.0 Å². The van der Waals surface area contributed by atoms with Crippen molar-refractivity contribution in [1.82, 2.24) is 19.0 Å². The van der Waals surface area contributed by atoms with Crippen molar-refractivity contribution in [3.8, 4) is 0 Å². The van der Waals surface area contributed by atoms with Crippen molar-refractivity contribution >= 4 is 16.8 Å². The molecule has 24 heavy (non-hydrogen) atoms. The van der Waals surface area contributed by atoms with Gasteiger partial charge in [-0.3, -0.25) is 4.79 Å². The number of benzene rings is 1. The first kappa shape index (κ1) is 15.0. The average Bonchev–Trinajstić information content (AvgIpc) is 3.25. The molecule has 0 N–H and O–H groups in total. The molecule has 4 rings (SSSR count). The normalized spacial score (nSPS) is 18.2. The minimum Gasteiger partial charge on any atom is -0.339 e. The van der Waals surface area contributed by atoms with Gasteiger partial charge in [0.1, 0.15) is 6.54 Å². The number of para-hydroxylation sites is 1. The lowest BCUT2D eigenvalue weighted by atomic mass is 10.1. The second kappa shape index (κ2) is 6.15. The number of aryl methyl sites for hydroxylation is 1. The largest absolute Gasteiger partial charge is 0.339 e. The predicted molar refractivity (Wildman–Crippen MR) is 93.8 cm³/mol. The maximum absolute atomic E-state index is 12.8. The average molecular weight is 322 g/mol. The first-order valence-electron chi connectivity index (χ1n) is 8.52. The van der Waals surface area contributed by atoms with Crippen LogP contribution in [0.4, 0.5) is 0 Å². The number of aromatic nitrogens is 3. The summed E-state index contributed by atoms with van der Waals surface area (Å²) in [6, 6.07) is 8.61. The summed E-state index contributed by atoms with van der Waals surface area (Å²) in [4.78, 5) is 18.9. The summed E-state index contributed by atoms with van der Waals surface area (Å²) in [6.07, 6.45) is 9.87. The number of rotatable bonds is 3. The molecule has 0 saturated carbocycles. The van der Waals surface area contributed by atoms with Gasteiger partial charge in [-0.15, -0.1) is 0 Å². The molecule has 1 saturated heterocycles. The monoisotopic (exact) mass is 322 g/mol. The second-order valence-electron chi connectivity index (χ2n) is 6.60. The minimum atomic E-state index is 0.195. The van der Waals surface area contributed by atoms with Crippen LogP contribution in [0.15, 0.2) is 49.2 Å². The Hall–Kier alpha value is -2.56. The number of likely N-dealkylation sites (tertiary alicyclic amines) is 1. The molecule has 1 atom stereocenters. The molecule has 1 fully saturated rings. The standard InChI is InChI=1S/C19H22N4O/c1-15-11-23(18-7-3-2-6-17(15)18)13-19(24)21-9-4-5-16(12-21)22-10-8-20-14-22/h2-3,6-8,10-11,14,16H,4-5,9,12-13H2,1H3/t16-/m0/s1. The van der Waals surface area contributed by atoms with Gasteiger partial charge in [0.15, 0.2) is 0 Å². The van der Waals surface area contributed by atoms with Crippen molar-refractivity contribution in [3.05, 3.63) is 54.7 Å². The van der Waals surface area contributed by atoms with Gasteiger partial charge < -0.3 is 14.0 Å². The van der Waals surface area contributed by atoms with Gasteiger partial charge >= 0.3 is 0 Å². The fourth-order valence-electron chi connectivity index (χ4n) is 3.72. The van der Waals surface area contributed by atoms with Crippen LogP contribution in [0, 0.1) is 6.92 Å². The molecular weight excluding hydrogens is 300 g/mol. The number of carbonyl (C=O) groups excluding carboxylic acids is 1. The van der Waals surface area contributed by atoms with E-state index in [9.17, 15) is 4.79 Å². The smallest absolute Gasteiger partial charge is 0.242 e. The summed E-state index contributed by atoms with van der Waals surface area (Å²) in [5.74, 6) is 0.195. The molecule has 3 heterocycles. The summed E-state index contributed by atoms with van der Waals surface area (Å²) in [5.41, 5.74) is 2.35. The number of fused-ring (bicyclic) bond motifs is 1. The molecular formula is C19H22N4O. The Balaban J connectivity index is 1.51. The van der Waals surface area contributed by atoms with Gasteiger partial charge in [-0.05, 0) is 31.4 Å². The topological polar surface area (TPSA) is 43.1 Å². The summed E-state index contributed by atoms with van der Waals surface area (Å²) in [5, 5.41) is 1.22. The minimum absolute atomic E-state index is 0.195.